The molecule has 0 saturated heterocycles. The van der Waals surface area contributed by atoms with Crippen LogP contribution in [0.15, 0.2) is 47.5 Å². The maximum atomic E-state index is 12.5. The number of rotatable bonds is 3. The van der Waals surface area contributed by atoms with Crippen molar-refractivity contribution in [1.29, 1.82) is 0 Å². The van der Waals surface area contributed by atoms with Crippen LogP contribution in [0.2, 0.25) is 0 Å². The van der Waals surface area contributed by atoms with Crippen LogP contribution in [0.3, 0.4) is 0 Å². The molecular weight excluding hydrogens is 308 g/mol. The van der Waals surface area contributed by atoms with Crippen molar-refractivity contribution in [2.45, 2.75) is 13.3 Å². The van der Waals surface area contributed by atoms with Gasteiger partial charge in [0.2, 0.25) is 0 Å². The van der Waals surface area contributed by atoms with Gasteiger partial charge in [-0.2, -0.15) is 4.99 Å². The summed E-state index contributed by atoms with van der Waals surface area (Å²) in [4.78, 5) is 17.5. The van der Waals surface area contributed by atoms with Crippen LogP contribution in [0.5, 0.6) is 5.75 Å². The normalized spacial score (nSPS) is 11.9. The Kier molecular flexibility index (Phi) is 4.30. The van der Waals surface area contributed by atoms with Gasteiger partial charge >= 0.3 is 0 Å². The number of carbonyl (C=O) groups excluding carboxylic acids is 1. The average Bonchev–Trinajstić information content (AvgIpc) is 2.89. The molecule has 2 aromatic carbocycles. The molecule has 1 heterocycles. The number of hydrogen-bond donors (Lipinski definition) is 0. The number of fused-ring (bicyclic) bond motifs is 1. The molecular formula is C18H18N2O2S. The third kappa shape index (κ3) is 2.92. The predicted molar refractivity (Wildman–Crippen MR) is 93.1 cm³/mol. The van der Waals surface area contributed by atoms with Gasteiger partial charge in [-0.15, -0.1) is 0 Å². The summed E-state index contributed by atoms with van der Waals surface area (Å²) < 4.78 is 8.33. The Morgan fingerprint density at radius 3 is 2.78 bits per heavy atom. The van der Waals surface area contributed by atoms with Crippen molar-refractivity contribution in [3.05, 3.63) is 58.4 Å². The van der Waals surface area contributed by atoms with E-state index < -0.39 is 0 Å². The molecule has 0 spiro atoms. The van der Waals surface area contributed by atoms with Gasteiger partial charge in [0.1, 0.15) is 5.75 Å². The van der Waals surface area contributed by atoms with Crippen molar-refractivity contribution >= 4 is 27.5 Å². The Labute approximate surface area is 138 Å². The zero-order valence-corrected chi connectivity index (χ0v) is 14.2. The van der Waals surface area contributed by atoms with E-state index in [0.717, 1.165) is 16.6 Å². The fourth-order valence-corrected chi connectivity index (χ4v) is 3.55. The summed E-state index contributed by atoms with van der Waals surface area (Å²) in [5.74, 6) is 0.249. The van der Waals surface area contributed by atoms with Gasteiger partial charge in [-0.25, -0.2) is 0 Å². The molecule has 4 nitrogen and oxygen atoms in total. The molecule has 0 aliphatic heterocycles. The first-order valence-electron chi connectivity index (χ1n) is 7.44. The number of para-hydroxylation sites is 1. The second-order valence-corrected chi connectivity index (χ2v) is 6.23. The fraction of sp³-hybridized carbons (Fsp3) is 0.222. The minimum Gasteiger partial charge on any atom is -0.496 e. The minimum atomic E-state index is -0.291. The van der Waals surface area contributed by atoms with Crippen molar-refractivity contribution in [3.8, 4) is 5.75 Å². The summed E-state index contributed by atoms with van der Waals surface area (Å²) >= 11 is 1.52. The number of nitrogens with zero attached hydrogens (tertiary/aromatic N) is 2. The summed E-state index contributed by atoms with van der Waals surface area (Å²) in [7, 11) is 3.48. The molecule has 0 unspecified atom stereocenters. The van der Waals surface area contributed by atoms with Crippen molar-refractivity contribution in [2.24, 2.45) is 12.0 Å². The predicted octanol–water partition coefficient (Wildman–Crippen LogP) is 3.55. The number of aryl methyl sites for hydroxylation is 2. The highest BCUT2D eigenvalue weighted by Crippen LogP contribution is 2.20. The molecule has 1 amide bonds. The van der Waals surface area contributed by atoms with E-state index in [4.69, 9.17) is 4.74 Å². The summed E-state index contributed by atoms with van der Waals surface area (Å²) in [5, 5.41) is 0. The molecule has 0 bridgehead atoms. The molecule has 118 valence electrons. The molecule has 0 saturated carbocycles. The highest BCUT2D eigenvalue weighted by atomic mass is 32.1. The van der Waals surface area contributed by atoms with Gasteiger partial charge < -0.3 is 9.30 Å². The lowest BCUT2D eigenvalue weighted by Gasteiger charge is -2.03. The van der Waals surface area contributed by atoms with E-state index in [1.165, 1.54) is 16.9 Å². The quantitative estimate of drug-likeness (QED) is 0.739. The van der Waals surface area contributed by atoms with Gasteiger partial charge in [-0.05, 0) is 36.2 Å². The Bertz CT molecular complexity index is 938. The molecule has 23 heavy (non-hydrogen) atoms. The number of amides is 1. The van der Waals surface area contributed by atoms with Crippen LogP contribution in [0, 0.1) is 0 Å². The van der Waals surface area contributed by atoms with Gasteiger partial charge in [0.05, 0.1) is 22.9 Å². The first-order chi connectivity index (χ1) is 11.1. The van der Waals surface area contributed by atoms with Crippen LogP contribution < -0.4 is 9.54 Å². The second kappa shape index (κ2) is 6.38. The Hall–Kier alpha value is -2.40. The minimum absolute atomic E-state index is 0.291. The van der Waals surface area contributed by atoms with Gasteiger partial charge in [-0.3, -0.25) is 4.79 Å². The van der Waals surface area contributed by atoms with Crippen LogP contribution in [-0.4, -0.2) is 17.6 Å². The molecule has 5 heteroatoms. The number of aromatic nitrogens is 1. The highest BCUT2D eigenvalue weighted by Gasteiger charge is 2.11. The Morgan fingerprint density at radius 1 is 1.26 bits per heavy atom. The molecule has 0 aliphatic rings. The van der Waals surface area contributed by atoms with Crippen molar-refractivity contribution in [1.82, 2.24) is 4.57 Å². The van der Waals surface area contributed by atoms with E-state index in [1.54, 1.807) is 19.2 Å². The molecule has 3 rings (SSSR count). The maximum Gasteiger partial charge on any atom is 0.283 e. The van der Waals surface area contributed by atoms with Gasteiger partial charge in [0.15, 0.2) is 4.80 Å². The SMILES string of the molecule is CCc1ccc2c(c1)sc(=NC(=O)c1ccccc1OC)n2C. The smallest absolute Gasteiger partial charge is 0.283 e. The van der Waals surface area contributed by atoms with E-state index in [2.05, 4.69) is 30.1 Å². The monoisotopic (exact) mass is 326 g/mol. The van der Waals surface area contributed by atoms with Gasteiger partial charge in [0, 0.05) is 7.05 Å². The summed E-state index contributed by atoms with van der Waals surface area (Å²) in [5.41, 5.74) is 2.84. The molecule has 0 N–H and O–H groups in total. The van der Waals surface area contributed by atoms with E-state index in [9.17, 15) is 4.79 Å². The van der Waals surface area contributed by atoms with Crippen LogP contribution in [-0.2, 0) is 13.5 Å². The lowest BCUT2D eigenvalue weighted by Crippen LogP contribution is -2.13. The van der Waals surface area contributed by atoms with Crippen LogP contribution >= 0.6 is 11.3 Å². The third-order valence-corrected chi connectivity index (χ3v) is 4.91. The molecule has 3 aromatic rings. The first kappa shape index (κ1) is 15.5. The lowest BCUT2D eigenvalue weighted by atomic mass is 10.2. The van der Waals surface area contributed by atoms with E-state index >= 15 is 0 Å². The van der Waals surface area contributed by atoms with E-state index in [1.807, 2.05) is 23.7 Å². The lowest BCUT2D eigenvalue weighted by molar-refractivity contribution is 0.0995. The molecule has 0 fully saturated rings. The number of carbonyl (C=O) groups is 1. The van der Waals surface area contributed by atoms with Crippen LogP contribution in [0.4, 0.5) is 0 Å². The number of methoxy groups -OCH3 is 1. The average molecular weight is 326 g/mol. The van der Waals surface area contributed by atoms with Crippen molar-refractivity contribution in [3.63, 3.8) is 0 Å². The first-order valence-corrected chi connectivity index (χ1v) is 8.26. The van der Waals surface area contributed by atoms with Crippen molar-refractivity contribution in [2.75, 3.05) is 7.11 Å². The van der Waals surface area contributed by atoms with E-state index in [0.29, 0.717) is 16.1 Å². The number of hydrogen-bond acceptors (Lipinski definition) is 3. The van der Waals surface area contributed by atoms with Gasteiger partial charge in [-0.1, -0.05) is 36.5 Å². The zero-order chi connectivity index (χ0) is 16.4. The Balaban J connectivity index is 2.10. The van der Waals surface area contributed by atoms with E-state index in [-0.39, 0.29) is 5.91 Å². The zero-order valence-electron chi connectivity index (χ0n) is 13.4. The fourth-order valence-electron chi connectivity index (χ4n) is 2.47. The highest BCUT2D eigenvalue weighted by molar-refractivity contribution is 7.16. The third-order valence-electron chi connectivity index (χ3n) is 3.82. The van der Waals surface area contributed by atoms with Crippen LogP contribution in [0.1, 0.15) is 22.8 Å². The molecule has 0 radical (unpaired) electrons. The molecule has 1 aromatic heterocycles. The second-order valence-electron chi connectivity index (χ2n) is 5.22. The number of thiazole rings is 1. The van der Waals surface area contributed by atoms with Gasteiger partial charge in [0.25, 0.3) is 5.91 Å². The summed E-state index contributed by atoms with van der Waals surface area (Å²) in [6.45, 7) is 2.13. The Morgan fingerprint density at radius 2 is 2.04 bits per heavy atom. The summed E-state index contributed by atoms with van der Waals surface area (Å²) in [6.07, 6.45) is 0.990. The topological polar surface area (TPSA) is 43.6 Å². The molecule has 0 aliphatic carbocycles. The standard InChI is InChI=1S/C18H18N2O2S/c1-4-12-9-10-14-16(11-12)23-18(20(14)2)19-17(21)13-7-5-6-8-15(13)22-3/h5-11H,4H2,1-3H3. The largest absolute Gasteiger partial charge is 0.496 e. The summed E-state index contributed by atoms with van der Waals surface area (Å²) in [6, 6.07) is 13.5. The maximum absolute atomic E-state index is 12.5. The van der Waals surface area contributed by atoms with Crippen molar-refractivity contribution < 1.29 is 9.53 Å². The van der Waals surface area contributed by atoms with Crippen LogP contribution in [0.25, 0.3) is 10.2 Å². The number of ether oxygens (including phenoxy) is 1. The molecule has 0 atom stereocenters. The number of benzene rings is 2.